The van der Waals surface area contributed by atoms with Crippen molar-refractivity contribution < 1.29 is 9.90 Å². The van der Waals surface area contributed by atoms with Crippen LogP contribution >= 0.6 is 23.7 Å². The number of aromatic nitrogens is 1. The van der Waals surface area contributed by atoms with E-state index < -0.39 is 0 Å². The van der Waals surface area contributed by atoms with E-state index in [1.54, 1.807) is 0 Å². The molecule has 0 aromatic carbocycles. The van der Waals surface area contributed by atoms with Gasteiger partial charge in [-0.05, 0) is 6.92 Å². The molecule has 1 aliphatic heterocycles. The number of thiazole rings is 1. The number of aliphatic hydroxyl groups excluding tert-OH is 1. The van der Waals surface area contributed by atoms with Gasteiger partial charge in [-0.15, -0.1) is 23.7 Å². The summed E-state index contributed by atoms with van der Waals surface area (Å²) in [4.78, 5) is 17.4. The Bertz CT molecular complexity index is 499. The second-order valence-corrected chi connectivity index (χ2v) is 7.38. The molecule has 2 rings (SSSR count). The third-order valence-corrected chi connectivity index (χ3v) is 5.06. The van der Waals surface area contributed by atoms with E-state index in [0.29, 0.717) is 18.0 Å². The van der Waals surface area contributed by atoms with Crippen LogP contribution < -0.4 is 10.6 Å². The number of β-amino-alcohol motifs (C(OH)–C–C–N with tert-alkyl or cyclic N) is 1. The minimum atomic E-state index is -0.372. The maximum Gasteiger partial charge on any atom is 0.263 e. The molecule has 0 saturated carbocycles. The fraction of sp³-hybridized carbons (Fsp3) is 0.714. The quantitative estimate of drug-likeness (QED) is 0.783. The molecule has 5 nitrogen and oxygen atoms in total. The van der Waals surface area contributed by atoms with Crippen molar-refractivity contribution in [1.29, 1.82) is 0 Å². The van der Waals surface area contributed by atoms with Gasteiger partial charge in [0.25, 0.3) is 5.91 Å². The first-order chi connectivity index (χ1) is 9.29. The molecule has 7 heteroatoms. The van der Waals surface area contributed by atoms with Crippen LogP contribution in [0.2, 0.25) is 0 Å². The summed E-state index contributed by atoms with van der Waals surface area (Å²) in [6.07, 6.45) is -0.372. The molecule has 120 valence electrons. The zero-order valence-electron chi connectivity index (χ0n) is 12.9. The second-order valence-electron chi connectivity index (χ2n) is 6.38. The Labute approximate surface area is 136 Å². The van der Waals surface area contributed by atoms with E-state index in [0.717, 1.165) is 17.2 Å². The Hall–Kier alpha value is -0.690. The first-order valence-corrected chi connectivity index (χ1v) is 7.75. The lowest BCUT2D eigenvalue weighted by Gasteiger charge is -2.14. The molecule has 2 heterocycles. The van der Waals surface area contributed by atoms with Crippen molar-refractivity contribution in [2.24, 2.45) is 5.92 Å². The average molecular weight is 334 g/mol. The Balaban J connectivity index is 0.00000220. The van der Waals surface area contributed by atoms with E-state index in [4.69, 9.17) is 0 Å². The van der Waals surface area contributed by atoms with Crippen LogP contribution in [-0.2, 0) is 5.41 Å². The number of halogens is 1. The largest absolute Gasteiger partial charge is 0.391 e. The highest BCUT2D eigenvalue weighted by atomic mass is 35.5. The fourth-order valence-electron chi connectivity index (χ4n) is 2.16. The van der Waals surface area contributed by atoms with Crippen LogP contribution in [0.1, 0.15) is 41.1 Å². The van der Waals surface area contributed by atoms with E-state index >= 15 is 0 Å². The van der Waals surface area contributed by atoms with Crippen molar-refractivity contribution in [2.45, 2.75) is 39.2 Å². The first-order valence-electron chi connectivity index (χ1n) is 6.94. The fourth-order valence-corrected chi connectivity index (χ4v) is 3.20. The number of hydrogen-bond donors (Lipinski definition) is 3. The van der Waals surface area contributed by atoms with Crippen molar-refractivity contribution >= 4 is 29.7 Å². The summed E-state index contributed by atoms with van der Waals surface area (Å²) < 4.78 is 0. The number of rotatable bonds is 3. The minimum absolute atomic E-state index is 0. The van der Waals surface area contributed by atoms with Gasteiger partial charge < -0.3 is 15.7 Å². The molecular weight excluding hydrogens is 310 g/mol. The van der Waals surface area contributed by atoms with Gasteiger partial charge in [0.1, 0.15) is 4.88 Å². The van der Waals surface area contributed by atoms with E-state index in [1.165, 1.54) is 11.3 Å². The van der Waals surface area contributed by atoms with Gasteiger partial charge in [-0.3, -0.25) is 4.79 Å². The highest BCUT2D eigenvalue weighted by Gasteiger charge is 2.27. The van der Waals surface area contributed by atoms with Crippen LogP contribution in [0.4, 0.5) is 0 Å². The topological polar surface area (TPSA) is 74.2 Å². The number of carbonyl (C=O) groups excluding carboxylic acids is 1. The molecule has 0 radical (unpaired) electrons. The van der Waals surface area contributed by atoms with Crippen molar-refractivity contribution in [3.63, 3.8) is 0 Å². The molecule has 1 amide bonds. The van der Waals surface area contributed by atoms with Crippen LogP contribution in [0.3, 0.4) is 0 Å². The van der Waals surface area contributed by atoms with Crippen LogP contribution in [0.5, 0.6) is 0 Å². The predicted molar refractivity (Wildman–Crippen MR) is 87.5 cm³/mol. The molecule has 21 heavy (non-hydrogen) atoms. The molecule has 1 fully saturated rings. The predicted octanol–water partition coefficient (Wildman–Crippen LogP) is 1.48. The van der Waals surface area contributed by atoms with Gasteiger partial charge in [0.05, 0.1) is 16.8 Å². The van der Waals surface area contributed by atoms with Crippen molar-refractivity contribution in [3.8, 4) is 0 Å². The minimum Gasteiger partial charge on any atom is -0.391 e. The van der Waals surface area contributed by atoms with Crippen molar-refractivity contribution in [2.75, 3.05) is 19.6 Å². The van der Waals surface area contributed by atoms with E-state index in [2.05, 4.69) is 36.4 Å². The summed E-state index contributed by atoms with van der Waals surface area (Å²) in [7, 11) is 0. The van der Waals surface area contributed by atoms with E-state index in [1.807, 2.05) is 6.92 Å². The maximum atomic E-state index is 12.2. The summed E-state index contributed by atoms with van der Waals surface area (Å²) >= 11 is 1.46. The number of carbonyl (C=O) groups is 1. The second kappa shape index (κ2) is 7.05. The van der Waals surface area contributed by atoms with Gasteiger partial charge in [-0.2, -0.15) is 0 Å². The number of nitrogens with one attached hydrogen (secondary N) is 2. The monoisotopic (exact) mass is 333 g/mol. The lowest BCUT2D eigenvalue weighted by Crippen LogP contribution is -2.34. The summed E-state index contributed by atoms with van der Waals surface area (Å²) in [6.45, 7) is 9.99. The van der Waals surface area contributed by atoms with Gasteiger partial charge in [0.2, 0.25) is 0 Å². The standard InChI is InChI=1S/C14H23N3O2S.ClH/c1-8-11(20-13(17-8)14(2,3)4)12(19)16-6-9-5-15-7-10(9)18;/h9-10,15,18H,5-7H2,1-4H3,(H,16,19);1H. The first kappa shape index (κ1) is 18.4. The van der Waals surface area contributed by atoms with Crippen LogP contribution in [0.15, 0.2) is 0 Å². The Morgan fingerprint density at radius 3 is 2.62 bits per heavy atom. The molecule has 1 aromatic rings. The molecule has 0 aliphatic carbocycles. The zero-order chi connectivity index (χ0) is 14.9. The van der Waals surface area contributed by atoms with Gasteiger partial charge in [0.15, 0.2) is 0 Å². The molecule has 1 saturated heterocycles. The normalized spacial score (nSPS) is 22.0. The Kier molecular flexibility index (Phi) is 6.16. The number of nitrogens with zero attached hydrogens (tertiary/aromatic N) is 1. The van der Waals surface area contributed by atoms with E-state index in [9.17, 15) is 9.90 Å². The molecular formula is C14H24ClN3O2S. The molecule has 1 aromatic heterocycles. The van der Waals surface area contributed by atoms with E-state index in [-0.39, 0.29) is 35.8 Å². The lowest BCUT2D eigenvalue weighted by atomic mass is 9.98. The number of aryl methyl sites for hydroxylation is 1. The lowest BCUT2D eigenvalue weighted by molar-refractivity contribution is 0.0930. The number of aliphatic hydroxyl groups is 1. The zero-order valence-corrected chi connectivity index (χ0v) is 14.5. The van der Waals surface area contributed by atoms with Crippen molar-refractivity contribution in [3.05, 3.63) is 15.6 Å². The van der Waals surface area contributed by atoms with Crippen molar-refractivity contribution in [1.82, 2.24) is 15.6 Å². The third-order valence-electron chi connectivity index (χ3n) is 3.47. The van der Waals surface area contributed by atoms with Crippen LogP contribution in [-0.4, -0.2) is 41.7 Å². The Morgan fingerprint density at radius 2 is 2.14 bits per heavy atom. The average Bonchev–Trinajstić information content (AvgIpc) is 2.92. The third kappa shape index (κ3) is 4.39. The molecule has 1 aliphatic rings. The Morgan fingerprint density at radius 1 is 1.48 bits per heavy atom. The summed E-state index contributed by atoms with van der Waals surface area (Å²) in [5.41, 5.74) is 0.738. The molecule has 3 N–H and O–H groups in total. The van der Waals surface area contributed by atoms with Gasteiger partial charge in [-0.25, -0.2) is 4.98 Å². The molecule has 0 bridgehead atoms. The smallest absolute Gasteiger partial charge is 0.263 e. The highest BCUT2D eigenvalue weighted by Crippen LogP contribution is 2.29. The highest BCUT2D eigenvalue weighted by molar-refractivity contribution is 7.14. The number of amides is 1. The maximum absolute atomic E-state index is 12.2. The SMILES string of the molecule is Cc1nc(C(C)(C)C)sc1C(=O)NCC1CNCC1O.Cl. The summed E-state index contributed by atoms with van der Waals surface area (Å²) in [5.74, 6) is 0.00358. The van der Waals surface area contributed by atoms with Crippen LogP contribution in [0, 0.1) is 12.8 Å². The van der Waals surface area contributed by atoms with Crippen LogP contribution in [0.25, 0.3) is 0 Å². The summed E-state index contributed by atoms with van der Waals surface area (Å²) in [5, 5.41) is 16.7. The number of hydrogen-bond acceptors (Lipinski definition) is 5. The molecule has 2 atom stereocenters. The summed E-state index contributed by atoms with van der Waals surface area (Å²) in [6, 6.07) is 0. The molecule has 2 unspecified atom stereocenters. The van der Waals surface area contributed by atoms with Gasteiger partial charge >= 0.3 is 0 Å². The van der Waals surface area contributed by atoms with Gasteiger partial charge in [-0.1, -0.05) is 20.8 Å². The van der Waals surface area contributed by atoms with Gasteiger partial charge in [0, 0.05) is 31.0 Å². The molecule has 0 spiro atoms.